The average molecular weight is 294 g/mol. The van der Waals surface area contributed by atoms with Crippen molar-refractivity contribution in [1.82, 2.24) is 0 Å². The predicted molar refractivity (Wildman–Crippen MR) is 89.0 cm³/mol. The second-order valence-electron chi connectivity index (χ2n) is 7.35. The minimum Gasteiger partial charge on any atom is -0.497 e. The number of quaternary nitrogens is 2. The summed E-state index contributed by atoms with van der Waals surface area (Å²) in [7, 11) is 6.17. The molecule has 1 rings (SSSR count). The van der Waals surface area contributed by atoms with Gasteiger partial charge in [0.05, 0.1) is 45.8 Å². The van der Waals surface area contributed by atoms with Gasteiger partial charge in [-0.2, -0.15) is 0 Å². The molecule has 0 saturated heterocycles. The van der Waals surface area contributed by atoms with Gasteiger partial charge in [-0.3, -0.25) is 0 Å². The van der Waals surface area contributed by atoms with E-state index in [1.807, 2.05) is 12.1 Å². The van der Waals surface area contributed by atoms with Crippen molar-refractivity contribution >= 4 is 0 Å². The van der Waals surface area contributed by atoms with Gasteiger partial charge in [-0.1, -0.05) is 12.1 Å². The summed E-state index contributed by atoms with van der Waals surface area (Å²) >= 11 is 0. The van der Waals surface area contributed by atoms with Crippen LogP contribution in [0.5, 0.6) is 5.75 Å². The summed E-state index contributed by atoms with van der Waals surface area (Å²) in [6.45, 7) is 9.48. The molecule has 3 heteroatoms. The lowest BCUT2D eigenvalue weighted by Crippen LogP contribution is -3.08. The maximum absolute atomic E-state index is 5.19. The Hall–Kier alpha value is -1.06. The third kappa shape index (κ3) is 7.49. The van der Waals surface area contributed by atoms with Crippen LogP contribution in [-0.4, -0.2) is 40.3 Å². The number of rotatable bonds is 9. The van der Waals surface area contributed by atoms with Crippen molar-refractivity contribution in [2.24, 2.45) is 5.41 Å². The van der Waals surface area contributed by atoms with Crippen LogP contribution in [0, 0.1) is 5.41 Å². The first-order valence-electron chi connectivity index (χ1n) is 8.08. The topological polar surface area (TPSA) is 30.3 Å². The van der Waals surface area contributed by atoms with Crippen LogP contribution in [0.3, 0.4) is 0 Å². The van der Waals surface area contributed by atoms with E-state index in [2.05, 4.69) is 52.3 Å². The molecule has 0 bridgehead atoms. The lowest BCUT2D eigenvalue weighted by atomic mass is 9.92. The molecule has 0 amide bonds. The summed E-state index contributed by atoms with van der Waals surface area (Å²) in [5.41, 5.74) is 1.79. The Morgan fingerprint density at radius 2 is 1.81 bits per heavy atom. The summed E-state index contributed by atoms with van der Waals surface area (Å²) in [5, 5.41) is 2.51. The van der Waals surface area contributed by atoms with Crippen molar-refractivity contribution in [3.05, 3.63) is 29.8 Å². The van der Waals surface area contributed by atoms with Crippen LogP contribution in [0.15, 0.2) is 24.3 Å². The van der Waals surface area contributed by atoms with E-state index in [9.17, 15) is 0 Å². The molecule has 0 aromatic heterocycles. The van der Waals surface area contributed by atoms with Crippen LogP contribution in [0.4, 0.5) is 0 Å². The number of ether oxygens (including phenoxy) is 1. The van der Waals surface area contributed by atoms with Crippen LogP contribution in [0.1, 0.15) is 32.8 Å². The predicted octanol–water partition coefficient (Wildman–Crippen LogP) is 0.750. The molecule has 0 saturated carbocycles. The number of hydrogen-bond acceptors (Lipinski definition) is 1. The Balaban J connectivity index is 2.31. The zero-order valence-corrected chi connectivity index (χ0v) is 14.7. The molecule has 21 heavy (non-hydrogen) atoms. The Bertz CT molecular complexity index is 398. The molecule has 0 aliphatic heterocycles. The van der Waals surface area contributed by atoms with Gasteiger partial charge in [0.2, 0.25) is 0 Å². The van der Waals surface area contributed by atoms with E-state index in [0.29, 0.717) is 11.5 Å². The van der Waals surface area contributed by atoms with Crippen molar-refractivity contribution < 1.29 is 15.0 Å². The fourth-order valence-corrected chi connectivity index (χ4v) is 2.85. The van der Waals surface area contributed by atoms with Gasteiger partial charge < -0.3 is 15.0 Å². The molecule has 0 radical (unpaired) electrons. The fraction of sp³-hybridized carbons (Fsp3) is 0.667. The Kier molecular flexibility index (Phi) is 7.20. The largest absolute Gasteiger partial charge is 0.497 e. The summed E-state index contributed by atoms with van der Waals surface area (Å²) in [4.78, 5) is 1.53. The molecular weight excluding hydrogens is 260 g/mol. The summed E-state index contributed by atoms with van der Waals surface area (Å²) in [6, 6.07) is 9.11. The molecule has 1 aromatic rings. The van der Waals surface area contributed by atoms with Crippen molar-refractivity contribution in [3.63, 3.8) is 0 Å². The van der Waals surface area contributed by atoms with Crippen molar-refractivity contribution in [1.29, 1.82) is 0 Å². The second kappa shape index (κ2) is 8.40. The molecule has 120 valence electrons. The van der Waals surface area contributed by atoms with Crippen molar-refractivity contribution in [2.45, 2.75) is 39.7 Å². The van der Waals surface area contributed by atoms with E-state index in [4.69, 9.17) is 4.74 Å². The molecule has 1 atom stereocenters. The molecule has 0 aliphatic rings. The maximum atomic E-state index is 5.19. The normalized spacial score (nSPS) is 13.5. The minimum atomic E-state index is 0.396. The zero-order chi connectivity index (χ0) is 15.9. The standard InChI is InChI=1S/C18H32N2O/c1-15(19-13-18(2,3)14-20(4)5)7-8-16-9-11-17(21-6)12-10-16/h9-12,15,19H,7-8,13-14H2,1-6H3/p+2/t15-/m0/s1. The number of benzene rings is 1. The van der Waals surface area contributed by atoms with Crippen LogP contribution in [0.25, 0.3) is 0 Å². The van der Waals surface area contributed by atoms with Crippen molar-refractivity contribution in [2.75, 3.05) is 34.3 Å². The van der Waals surface area contributed by atoms with Gasteiger partial charge >= 0.3 is 0 Å². The van der Waals surface area contributed by atoms with E-state index < -0.39 is 0 Å². The van der Waals surface area contributed by atoms with Crippen LogP contribution < -0.4 is 15.0 Å². The average Bonchev–Trinajstić information content (AvgIpc) is 2.42. The third-order valence-electron chi connectivity index (χ3n) is 3.95. The highest BCUT2D eigenvalue weighted by Crippen LogP contribution is 2.13. The van der Waals surface area contributed by atoms with Gasteiger partial charge in [0.1, 0.15) is 5.75 Å². The first kappa shape index (κ1) is 18.0. The maximum Gasteiger partial charge on any atom is 0.118 e. The van der Waals surface area contributed by atoms with Gasteiger partial charge in [-0.25, -0.2) is 0 Å². The number of nitrogens with one attached hydrogen (secondary N) is 1. The van der Waals surface area contributed by atoms with Crippen LogP contribution in [0.2, 0.25) is 0 Å². The third-order valence-corrected chi connectivity index (χ3v) is 3.95. The molecule has 0 unspecified atom stereocenters. The van der Waals surface area contributed by atoms with E-state index >= 15 is 0 Å². The van der Waals surface area contributed by atoms with Crippen LogP contribution in [-0.2, 0) is 6.42 Å². The van der Waals surface area contributed by atoms with Gasteiger partial charge in [0.25, 0.3) is 0 Å². The Morgan fingerprint density at radius 1 is 1.19 bits per heavy atom. The molecule has 1 aromatic carbocycles. The van der Waals surface area contributed by atoms with E-state index in [1.54, 1.807) is 7.11 Å². The smallest absolute Gasteiger partial charge is 0.118 e. The summed E-state index contributed by atoms with van der Waals surface area (Å²) in [5.74, 6) is 0.936. The van der Waals surface area contributed by atoms with Gasteiger partial charge in [0.15, 0.2) is 0 Å². The Labute approximate surface area is 130 Å². The molecular formula is C18H34N2O+2. The molecule has 3 N–H and O–H groups in total. The lowest BCUT2D eigenvalue weighted by Gasteiger charge is -2.25. The van der Waals surface area contributed by atoms with Crippen molar-refractivity contribution in [3.8, 4) is 5.75 Å². The number of methoxy groups -OCH3 is 1. The quantitative estimate of drug-likeness (QED) is 0.692. The van der Waals surface area contributed by atoms with E-state index in [1.165, 1.54) is 30.0 Å². The number of aryl methyl sites for hydroxylation is 1. The highest BCUT2D eigenvalue weighted by atomic mass is 16.5. The highest BCUT2D eigenvalue weighted by Gasteiger charge is 2.24. The minimum absolute atomic E-state index is 0.396. The second-order valence-corrected chi connectivity index (χ2v) is 7.35. The molecule has 0 fully saturated rings. The van der Waals surface area contributed by atoms with E-state index in [-0.39, 0.29) is 0 Å². The van der Waals surface area contributed by atoms with Gasteiger partial charge in [-0.15, -0.1) is 0 Å². The zero-order valence-electron chi connectivity index (χ0n) is 14.7. The molecule has 0 spiro atoms. The summed E-state index contributed by atoms with van der Waals surface area (Å²) in [6.07, 6.45) is 2.36. The highest BCUT2D eigenvalue weighted by molar-refractivity contribution is 5.27. The Morgan fingerprint density at radius 3 is 2.33 bits per heavy atom. The monoisotopic (exact) mass is 294 g/mol. The SMILES string of the molecule is COc1ccc(CC[C@H](C)[NH2+]CC(C)(C)C[NH+](C)C)cc1. The molecule has 3 nitrogen and oxygen atoms in total. The number of hydrogen-bond donors (Lipinski definition) is 2. The van der Waals surface area contributed by atoms with Gasteiger partial charge in [-0.05, 0) is 44.9 Å². The van der Waals surface area contributed by atoms with E-state index in [0.717, 1.165) is 12.2 Å². The van der Waals surface area contributed by atoms with Crippen LogP contribution >= 0.6 is 0 Å². The first-order chi connectivity index (χ1) is 9.82. The summed E-state index contributed by atoms with van der Waals surface area (Å²) < 4.78 is 5.19. The van der Waals surface area contributed by atoms with Gasteiger partial charge in [0, 0.05) is 6.42 Å². The first-order valence-corrected chi connectivity index (χ1v) is 8.08. The molecule has 0 heterocycles. The fourth-order valence-electron chi connectivity index (χ4n) is 2.85. The number of nitrogens with two attached hydrogens (primary N) is 1. The lowest BCUT2D eigenvalue weighted by molar-refractivity contribution is -0.869. The molecule has 0 aliphatic carbocycles.